The van der Waals surface area contributed by atoms with Crippen LogP contribution in [-0.4, -0.2) is 18.4 Å². The van der Waals surface area contributed by atoms with E-state index in [0.717, 1.165) is 0 Å². The number of aromatic nitrogens is 1. The van der Waals surface area contributed by atoms with Crippen molar-refractivity contribution in [3.63, 3.8) is 0 Å². The molecule has 0 aliphatic rings. The lowest BCUT2D eigenvalue weighted by Crippen LogP contribution is -1.93. The summed E-state index contributed by atoms with van der Waals surface area (Å²) >= 11 is 0. The lowest BCUT2D eigenvalue weighted by molar-refractivity contribution is 0.111. The quantitative estimate of drug-likeness (QED) is 0.705. The van der Waals surface area contributed by atoms with Crippen LogP contribution in [-0.2, 0) is 0 Å². The number of fused-ring (bicyclic) bond motifs is 1. The van der Waals surface area contributed by atoms with Crippen molar-refractivity contribution < 1.29 is 13.9 Å². The fraction of sp³-hybridized carbons (Fsp3) is 0.0909. The lowest BCUT2D eigenvalue weighted by Gasteiger charge is -2.04. The third kappa shape index (κ3) is 1.54. The minimum atomic E-state index is -0.543. The number of methoxy groups -OCH3 is 1. The summed E-state index contributed by atoms with van der Waals surface area (Å²) < 4.78 is 18.5. The van der Waals surface area contributed by atoms with E-state index >= 15 is 0 Å². The molecule has 2 aromatic rings. The summed E-state index contributed by atoms with van der Waals surface area (Å²) in [6.45, 7) is 0. The van der Waals surface area contributed by atoms with Crippen molar-refractivity contribution in [1.29, 1.82) is 0 Å². The van der Waals surface area contributed by atoms with Crippen molar-refractivity contribution in [3.05, 3.63) is 35.8 Å². The lowest BCUT2D eigenvalue weighted by atomic mass is 10.2. The van der Waals surface area contributed by atoms with E-state index < -0.39 is 5.82 Å². The van der Waals surface area contributed by atoms with Crippen LogP contribution < -0.4 is 4.74 Å². The number of rotatable bonds is 2. The van der Waals surface area contributed by atoms with E-state index in [1.165, 1.54) is 13.2 Å². The molecular formula is C11H8FNO2. The average Bonchev–Trinajstić information content (AvgIpc) is 2.29. The van der Waals surface area contributed by atoms with Gasteiger partial charge < -0.3 is 4.74 Å². The van der Waals surface area contributed by atoms with Crippen molar-refractivity contribution in [3.8, 4) is 5.75 Å². The zero-order chi connectivity index (χ0) is 10.8. The number of ether oxygens (including phenoxy) is 1. The van der Waals surface area contributed by atoms with E-state index in [2.05, 4.69) is 4.98 Å². The van der Waals surface area contributed by atoms with Crippen LogP contribution in [0.2, 0.25) is 0 Å². The maximum Gasteiger partial charge on any atom is 0.191 e. The Labute approximate surface area is 85.5 Å². The molecule has 1 aromatic heterocycles. The van der Waals surface area contributed by atoms with E-state index in [0.29, 0.717) is 11.7 Å². The van der Waals surface area contributed by atoms with Crippen molar-refractivity contribution >= 4 is 17.2 Å². The van der Waals surface area contributed by atoms with Gasteiger partial charge in [-0.3, -0.25) is 4.79 Å². The van der Waals surface area contributed by atoms with Crippen LogP contribution >= 0.6 is 0 Å². The van der Waals surface area contributed by atoms with E-state index in [4.69, 9.17) is 4.74 Å². The largest absolute Gasteiger partial charge is 0.494 e. The van der Waals surface area contributed by atoms with Gasteiger partial charge in [-0.2, -0.15) is 0 Å². The van der Waals surface area contributed by atoms with Gasteiger partial charge in [-0.15, -0.1) is 0 Å². The number of aldehydes is 1. The molecule has 0 unspecified atom stereocenters. The molecule has 0 aliphatic carbocycles. The molecule has 0 bridgehead atoms. The molecule has 3 nitrogen and oxygen atoms in total. The van der Waals surface area contributed by atoms with E-state index in [1.54, 1.807) is 18.2 Å². The van der Waals surface area contributed by atoms with Gasteiger partial charge in [0.15, 0.2) is 17.9 Å². The fourth-order valence-corrected chi connectivity index (χ4v) is 1.37. The number of benzene rings is 1. The van der Waals surface area contributed by atoms with Gasteiger partial charge in [-0.05, 0) is 18.2 Å². The minimum absolute atomic E-state index is 0.123. The first kappa shape index (κ1) is 9.58. The van der Waals surface area contributed by atoms with Gasteiger partial charge in [-0.25, -0.2) is 9.37 Å². The van der Waals surface area contributed by atoms with Crippen LogP contribution in [0.15, 0.2) is 24.3 Å². The molecule has 15 heavy (non-hydrogen) atoms. The number of hydrogen-bond acceptors (Lipinski definition) is 3. The number of carbonyl (C=O) groups is 1. The second-order valence-electron chi connectivity index (χ2n) is 3.01. The molecular weight excluding hydrogens is 197 g/mol. The second-order valence-corrected chi connectivity index (χ2v) is 3.01. The first-order valence-corrected chi connectivity index (χ1v) is 4.34. The van der Waals surface area contributed by atoms with Crippen LogP contribution in [0.4, 0.5) is 4.39 Å². The van der Waals surface area contributed by atoms with Gasteiger partial charge in [0, 0.05) is 5.39 Å². The van der Waals surface area contributed by atoms with Crippen LogP contribution in [0.1, 0.15) is 10.5 Å². The highest BCUT2D eigenvalue weighted by Gasteiger charge is 2.09. The van der Waals surface area contributed by atoms with Gasteiger partial charge >= 0.3 is 0 Å². The highest BCUT2D eigenvalue weighted by atomic mass is 19.1. The molecule has 0 aliphatic heterocycles. The number of hydrogen-bond donors (Lipinski definition) is 0. The van der Waals surface area contributed by atoms with E-state index in [-0.39, 0.29) is 17.0 Å². The molecule has 0 atom stereocenters. The standard InChI is InChI=1S/C11H8FNO2/c1-15-9-5-3-7-2-4-8(6-14)13-11(7)10(9)12/h2-6H,1H3. The van der Waals surface area contributed by atoms with Crippen molar-refractivity contribution in [2.45, 2.75) is 0 Å². The summed E-state index contributed by atoms with van der Waals surface area (Å²) in [5.74, 6) is -0.420. The van der Waals surface area contributed by atoms with Gasteiger partial charge in [0.25, 0.3) is 0 Å². The predicted molar refractivity (Wildman–Crippen MR) is 53.6 cm³/mol. The summed E-state index contributed by atoms with van der Waals surface area (Å²) in [6, 6.07) is 6.41. The highest BCUT2D eigenvalue weighted by molar-refractivity contribution is 5.84. The smallest absolute Gasteiger partial charge is 0.191 e. The Hall–Kier alpha value is -1.97. The Kier molecular flexibility index (Phi) is 2.33. The monoisotopic (exact) mass is 205 g/mol. The van der Waals surface area contributed by atoms with E-state index in [9.17, 15) is 9.18 Å². The maximum absolute atomic E-state index is 13.7. The molecule has 1 heterocycles. The third-order valence-corrected chi connectivity index (χ3v) is 2.13. The summed E-state index contributed by atoms with van der Waals surface area (Å²) in [6.07, 6.45) is 0.582. The van der Waals surface area contributed by atoms with E-state index in [1.807, 2.05) is 0 Å². The van der Waals surface area contributed by atoms with Crippen LogP contribution in [0, 0.1) is 5.82 Å². The number of pyridine rings is 1. The zero-order valence-electron chi connectivity index (χ0n) is 8.03. The van der Waals surface area contributed by atoms with Crippen molar-refractivity contribution in [1.82, 2.24) is 4.98 Å². The summed E-state index contributed by atoms with van der Waals surface area (Å²) in [5, 5.41) is 0.638. The molecule has 1 aromatic carbocycles. The normalized spacial score (nSPS) is 10.3. The number of halogens is 1. The Balaban J connectivity index is 2.77. The first-order chi connectivity index (χ1) is 7.26. The molecule has 0 fully saturated rings. The molecule has 0 radical (unpaired) electrons. The molecule has 4 heteroatoms. The zero-order valence-corrected chi connectivity index (χ0v) is 8.03. The van der Waals surface area contributed by atoms with Crippen LogP contribution in [0.5, 0.6) is 5.75 Å². The molecule has 0 amide bonds. The molecule has 0 saturated carbocycles. The Morgan fingerprint density at radius 3 is 2.73 bits per heavy atom. The van der Waals surface area contributed by atoms with Gasteiger partial charge in [-0.1, -0.05) is 6.07 Å². The van der Waals surface area contributed by atoms with Crippen LogP contribution in [0.3, 0.4) is 0 Å². The molecule has 0 spiro atoms. The van der Waals surface area contributed by atoms with Crippen LogP contribution in [0.25, 0.3) is 10.9 Å². The minimum Gasteiger partial charge on any atom is -0.494 e. The predicted octanol–water partition coefficient (Wildman–Crippen LogP) is 2.20. The van der Waals surface area contributed by atoms with Gasteiger partial charge in [0.05, 0.1) is 7.11 Å². The summed E-state index contributed by atoms with van der Waals surface area (Å²) in [5.41, 5.74) is 0.355. The molecule has 0 saturated heterocycles. The first-order valence-electron chi connectivity index (χ1n) is 4.34. The van der Waals surface area contributed by atoms with Gasteiger partial charge in [0.1, 0.15) is 11.2 Å². The fourth-order valence-electron chi connectivity index (χ4n) is 1.37. The summed E-state index contributed by atoms with van der Waals surface area (Å²) in [7, 11) is 1.38. The third-order valence-electron chi connectivity index (χ3n) is 2.13. The van der Waals surface area contributed by atoms with Crippen molar-refractivity contribution in [2.24, 2.45) is 0 Å². The summed E-state index contributed by atoms with van der Waals surface area (Å²) in [4.78, 5) is 14.4. The Morgan fingerprint density at radius 2 is 2.07 bits per heavy atom. The average molecular weight is 205 g/mol. The number of carbonyl (C=O) groups excluding carboxylic acids is 1. The molecule has 76 valence electrons. The Morgan fingerprint density at radius 1 is 1.33 bits per heavy atom. The maximum atomic E-state index is 13.7. The van der Waals surface area contributed by atoms with Gasteiger partial charge in [0.2, 0.25) is 0 Å². The number of nitrogens with zero attached hydrogens (tertiary/aromatic N) is 1. The topological polar surface area (TPSA) is 39.2 Å². The molecule has 0 N–H and O–H groups in total. The van der Waals surface area contributed by atoms with Crippen molar-refractivity contribution in [2.75, 3.05) is 7.11 Å². The SMILES string of the molecule is COc1ccc2ccc(C=O)nc2c1F. The Bertz CT molecular complexity index is 525. The molecule has 2 rings (SSSR count). The highest BCUT2D eigenvalue weighted by Crippen LogP contribution is 2.24. The second kappa shape index (κ2) is 3.65.